The van der Waals surface area contributed by atoms with Gasteiger partial charge in [0.25, 0.3) is 5.91 Å². The van der Waals surface area contributed by atoms with E-state index in [-0.39, 0.29) is 0 Å². The van der Waals surface area contributed by atoms with Gasteiger partial charge in [0.15, 0.2) is 5.92 Å². The Morgan fingerprint density at radius 2 is 1.96 bits per heavy atom. The number of carbonyl (C=O) groups excluding carboxylic acids is 1. The number of hydrogen-bond acceptors (Lipinski definition) is 4. The number of nitrogens with zero attached hydrogens (tertiary/aromatic N) is 2. The van der Waals surface area contributed by atoms with Crippen molar-refractivity contribution in [3.05, 3.63) is 64.7 Å². The molecule has 0 saturated carbocycles. The Morgan fingerprint density at radius 3 is 2.54 bits per heavy atom. The van der Waals surface area contributed by atoms with Gasteiger partial charge in [0.1, 0.15) is 5.75 Å². The van der Waals surface area contributed by atoms with Crippen LogP contribution in [0.15, 0.2) is 47.6 Å². The molecule has 2 aromatic rings. The van der Waals surface area contributed by atoms with E-state index < -0.39 is 11.8 Å². The van der Waals surface area contributed by atoms with E-state index in [9.17, 15) is 10.1 Å². The molecular formula is C21H23N3O2. The number of amides is 1. The van der Waals surface area contributed by atoms with Crippen molar-refractivity contribution in [1.82, 2.24) is 5.43 Å². The molecule has 1 atom stereocenters. The number of methoxy groups -OCH3 is 1. The maximum Gasteiger partial charge on any atom is 0.261 e. The first-order valence-electron chi connectivity index (χ1n) is 8.44. The van der Waals surface area contributed by atoms with Gasteiger partial charge in [-0.25, -0.2) is 5.43 Å². The van der Waals surface area contributed by atoms with Gasteiger partial charge in [0, 0.05) is 0 Å². The highest BCUT2D eigenvalue weighted by Crippen LogP contribution is 2.29. The summed E-state index contributed by atoms with van der Waals surface area (Å²) in [6.45, 7) is 6.14. The molecule has 0 saturated heterocycles. The fourth-order valence-corrected chi connectivity index (χ4v) is 2.64. The Morgan fingerprint density at radius 1 is 1.27 bits per heavy atom. The monoisotopic (exact) mass is 349 g/mol. The second-order valence-electron chi connectivity index (χ2n) is 6.31. The minimum atomic E-state index is -0.892. The zero-order valence-corrected chi connectivity index (χ0v) is 15.5. The van der Waals surface area contributed by atoms with Gasteiger partial charge >= 0.3 is 0 Å². The van der Waals surface area contributed by atoms with Crippen LogP contribution in [0.3, 0.4) is 0 Å². The van der Waals surface area contributed by atoms with Crippen LogP contribution in [0.2, 0.25) is 0 Å². The molecule has 5 nitrogen and oxygen atoms in total. The molecule has 26 heavy (non-hydrogen) atoms. The summed E-state index contributed by atoms with van der Waals surface area (Å²) in [5.74, 6) is -0.206. The number of hydrazone groups is 1. The maximum atomic E-state index is 12.3. The molecular weight excluding hydrogens is 326 g/mol. The second kappa shape index (κ2) is 8.82. The standard InChI is InChI=1S/C21H23N3O2/c1-14(2)18-11-17(15(3)10-20(18)26-4)13-23-24-21(25)19(12-22)16-8-6-5-7-9-16/h5-11,13-14,19H,1-4H3,(H,24,25)/b23-13-/t19-/m0/s1. The average molecular weight is 349 g/mol. The largest absolute Gasteiger partial charge is 0.496 e. The normalized spacial score (nSPS) is 12.0. The predicted octanol–water partition coefficient (Wildman–Crippen LogP) is 3.88. The molecule has 5 heteroatoms. The number of nitrogens with one attached hydrogen (secondary N) is 1. The third-order valence-corrected chi connectivity index (χ3v) is 4.14. The van der Waals surface area contributed by atoms with Gasteiger partial charge in [-0.2, -0.15) is 10.4 Å². The van der Waals surface area contributed by atoms with Gasteiger partial charge in [-0.3, -0.25) is 4.79 Å². The summed E-state index contributed by atoms with van der Waals surface area (Å²) in [7, 11) is 1.65. The Labute approximate surface area is 154 Å². The highest BCUT2D eigenvalue weighted by molar-refractivity contribution is 5.88. The van der Waals surface area contributed by atoms with Crippen molar-refractivity contribution < 1.29 is 9.53 Å². The molecule has 0 fully saturated rings. The van der Waals surface area contributed by atoms with E-state index in [0.29, 0.717) is 11.5 Å². The van der Waals surface area contributed by atoms with Crippen LogP contribution < -0.4 is 10.2 Å². The molecule has 0 unspecified atom stereocenters. The Bertz CT molecular complexity index is 836. The Hall–Kier alpha value is -3.13. The molecule has 2 rings (SSSR count). The minimum Gasteiger partial charge on any atom is -0.496 e. The van der Waals surface area contributed by atoms with Gasteiger partial charge in [-0.15, -0.1) is 0 Å². The molecule has 1 N–H and O–H groups in total. The first-order chi connectivity index (χ1) is 12.5. The molecule has 2 aromatic carbocycles. The molecule has 0 bridgehead atoms. The molecule has 0 heterocycles. The Balaban J connectivity index is 2.16. The average Bonchev–Trinajstić information content (AvgIpc) is 2.64. The van der Waals surface area contributed by atoms with Crippen LogP contribution in [-0.4, -0.2) is 19.2 Å². The fraction of sp³-hybridized carbons (Fsp3) is 0.286. The van der Waals surface area contributed by atoms with E-state index in [0.717, 1.165) is 22.4 Å². The molecule has 0 spiro atoms. The van der Waals surface area contributed by atoms with Crippen molar-refractivity contribution >= 4 is 12.1 Å². The molecule has 0 aliphatic rings. The lowest BCUT2D eigenvalue weighted by Gasteiger charge is -2.14. The van der Waals surface area contributed by atoms with Crippen LogP contribution >= 0.6 is 0 Å². The van der Waals surface area contributed by atoms with Gasteiger partial charge in [-0.1, -0.05) is 44.2 Å². The Kier molecular flexibility index (Phi) is 6.51. The number of hydrogen-bond donors (Lipinski definition) is 1. The van der Waals surface area contributed by atoms with Crippen molar-refractivity contribution in [3.63, 3.8) is 0 Å². The topological polar surface area (TPSA) is 74.5 Å². The fourth-order valence-electron chi connectivity index (χ4n) is 2.64. The van der Waals surface area contributed by atoms with Crippen LogP contribution in [0.1, 0.15) is 47.9 Å². The van der Waals surface area contributed by atoms with Crippen molar-refractivity contribution in [2.75, 3.05) is 7.11 Å². The number of aryl methyl sites for hydroxylation is 1. The van der Waals surface area contributed by atoms with Crippen molar-refractivity contribution in [1.29, 1.82) is 5.26 Å². The third kappa shape index (κ3) is 4.48. The van der Waals surface area contributed by atoms with E-state index in [4.69, 9.17) is 4.74 Å². The van der Waals surface area contributed by atoms with E-state index >= 15 is 0 Å². The summed E-state index contributed by atoms with van der Waals surface area (Å²) in [6, 6.07) is 14.9. The lowest BCUT2D eigenvalue weighted by Crippen LogP contribution is -2.24. The van der Waals surface area contributed by atoms with Gasteiger partial charge in [0.2, 0.25) is 0 Å². The summed E-state index contributed by atoms with van der Waals surface area (Å²) >= 11 is 0. The number of nitriles is 1. The molecule has 1 amide bonds. The smallest absolute Gasteiger partial charge is 0.261 e. The SMILES string of the molecule is COc1cc(C)c(/C=N\NC(=O)[C@@H](C#N)c2ccccc2)cc1C(C)C. The van der Waals surface area contributed by atoms with Crippen molar-refractivity contribution in [2.24, 2.45) is 5.10 Å². The highest BCUT2D eigenvalue weighted by Gasteiger charge is 2.19. The number of rotatable bonds is 6. The first-order valence-corrected chi connectivity index (χ1v) is 8.44. The third-order valence-electron chi connectivity index (χ3n) is 4.14. The minimum absolute atomic E-state index is 0.299. The van der Waals surface area contributed by atoms with E-state index in [1.54, 1.807) is 37.6 Å². The van der Waals surface area contributed by atoms with Crippen molar-refractivity contribution in [3.8, 4) is 11.8 Å². The van der Waals surface area contributed by atoms with Crippen LogP contribution in [0.5, 0.6) is 5.75 Å². The zero-order chi connectivity index (χ0) is 19.1. The number of benzene rings is 2. The number of carbonyl (C=O) groups is 1. The molecule has 0 aliphatic heterocycles. The van der Waals surface area contributed by atoms with E-state index in [2.05, 4.69) is 24.4 Å². The summed E-state index contributed by atoms with van der Waals surface area (Å²) in [5, 5.41) is 13.3. The molecule has 0 aromatic heterocycles. The summed E-state index contributed by atoms with van der Waals surface area (Å²) < 4.78 is 5.43. The van der Waals surface area contributed by atoms with Crippen LogP contribution in [0, 0.1) is 18.3 Å². The summed E-state index contributed by atoms with van der Waals surface area (Å²) in [6.07, 6.45) is 1.60. The predicted molar refractivity (Wildman–Crippen MR) is 102 cm³/mol. The second-order valence-corrected chi connectivity index (χ2v) is 6.31. The zero-order valence-electron chi connectivity index (χ0n) is 15.5. The van der Waals surface area contributed by atoms with Crippen molar-refractivity contribution in [2.45, 2.75) is 32.6 Å². The number of ether oxygens (including phenoxy) is 1. The summed E-state index contributed by atoms with van der Waals surface area (Å²) in [5.41, 5.74) is 6.06. The van der Waals surface area contributed by atoms with E-state index in [1.165, 1.54) is 0 Å². The lowest BCUT2D eigenvalue weighted by atomic mass is 9.97. The highest BCUT2D eigenvalue weighted by atomic mass is 16.5. The van der Waals surface area contributed by atoms with Gasteiger partial charge < -0.3 is 4.74 Å². The quantitative estimate of drug-likeness (QED) is 0.635. The lowest BCUT2D eigenvalue weighted by molar-refractivity contribution is -0.121. The van der Waals surface area contributed by atoms with E-state index in [1.807, 2.05) is 31.2 Å². The van der Waals surface area contributed by atoms with Crippen LogP contribution in [-0.2, 0) is 4.79 Å². The van der Waals surface area contributed by atoms with Gasteiger partial charge in [0.05, 0.1) is 19.4 Å². The summed E-state index contributed by atoms with van der Waals surface area (Å²) in [4.78, 5) is 12.3. The molecule has 0 radical (unpaired) electrons. The first kappa shape index (κ1) is 19.2. The maximum absolute atomic E-state index is 12.3. The van der Waals surface area contributed by atoms with Gasteiger partial charge in [-0.05, 0) is 47.2 Å². The van der Waals surface area contributed by atoms with Crippen LogP contribution in [0.25, 0.3) is 0 Å². The molecule has 0 aliphatic carbocycles. The van der Waals surface area contributed by atoms with Crippen LogP contribution in [0.4, 0.5) is 0 Å². The molecule has 134 valence electrons.